The Morgan fingerprint density at radius 3 is 2.49 bits per heavy atom. The van der Waals surface area contributed by atoms with E-state index in [9.17, 15) is 19.7 Å². The third-order valence-electron chi connectivity index (χ3n) is 7.16. The second-order valence-corrected chi connectivity index (χ2v) is 10.00. The Bertz CT molecular complexity index is 1380. The maximum Gasteiger partial charge on any atom is 0.336 e. The van der Waals surface area contributed by atoms with Gasteiger partial charge in [-0.05, 0) is 55.0 Å². The Hall–Kier alpha value is -3.85. The molecule has 0 amide bonds. The van der Waals surface area contributed by atoms with Gasteiger partial charge in [0.2, 0.25) is 0 Å². The number of benzene rings is 2. The van der Waals surface area contributed by atoms with Gasteiger partial charge in [-0.2, -0.15) is 0 Å². The van der Waals surface area contributed by atoms with E-state index in [0.29, 0.717) is 46.9 Å². The number of dihydropyridines is 1. The summed E-state index contributed by atoms with van der Waals surface area (Å²) in [6.45, 7) is 3.98. The molecule has 1 aliphatic carbocycles. The number of halogens is 1. The van der Waals surface area contributed by atoms with Gasteiger partial charge in [-0.1, -0.05) is 37.1 Å². The van der Waals surface area contributed by atoms with Crippen LogP contribution in [-0.4, -0.2) is 37.5 Å². The average molecular weight is 555 g/mol. The van der Waals surface area contributed by atoms with E-state index >= 15 is 0 Å². The number of rotatable bonds is 9. The summed E-state index contributed by atoms with van der Waals surface area (Å²) in [6, 6.07) is 9.96. The number of carbonyl (C=O) groups excluding carboxylic acids is 2. The number of Topliss-reactive ketones (excluding diaryl/α,β-unsaturated/α-hetero) is 1. The number of carbonyl (C=O) groups is 2. The second kappa shape index (κ2) is 11.9. The van der Waals surface area contributed by atoms with Crippen LogP contribution in [0.15, 0.2) is 58.9 Å². The molecule has 2 aromatic rings. The van der Waals surface area contributed by atoms with Crippen LogP contribution < -0.4 is 14.8 Å². The summed E-state index contributed by atoms with van der Waals surface area (Å²) in [4.78, 5) is 38.2. The first-order valence-electron chi connectivity index (χ1n) is 12.8. The maximum atomic E-state index is 13.8. The molecule has 2 aromatic carbocycles. The Morgan fingerprint density at radius 1 is 1.10 bits per heavy atom. The number of hydrogen-bond acceptors (Lipinski definition) is 8. The van der Waals surface area contributed by atoms with Crippen molar-refractivity contribution in [1.82, 2.24) is 5.32 Å². The molecule has 0 spiro atoms. The molecule has 0 unspecified atom stereocenters. The maximum absolute atomic E-state index is 13.8. The Kier molecular flexibility index (Phi) is 8.60. The standard InChI is InChI=1S/C29H31ClN2O7/c1-5-6-11-39-29(34)26-16(2)31-21-12-19(17-8-10-24(37-3)25(15-17)38-4)14-23(33)28(21)27(26)18-7-9-20(30)22(13-18)32(35)36/h7-10,13,15,19,27,31H,5-6,11-12,14H2,1-4H3/t19-,27-/m1/s1. The van der Waals surface area contributed by atoms with Crippen LogP contribution in [0.1, 0.15) is 62.5 Å². The number of ether oxygens (including phenoxy) is 3. The number of allylic oxidation sites excluding steroid dienone is 3. The molecule has 1 heterocycles. The lowest BCUT2D eigenvalue weighted by molar-refractivity contribution is -0.384. The Labute approximate surface area is 231 Å². The average Bonchev–Trinajstić information content (AvgIpc) is 2.91. The van der Waals surface area contributed by atoms with Crippen LogP contribution in [0, 0.1) is 10.1 Å². The van der Waals surface area contributed by atoms with Gasteiger partial charge < -0.3 is 19.5 Å². The molecule has 206 valence electrons. The minimum Gasteiger partial charge on any atom is -0.493 e. The highest BCUT2D eigenvalue weighted by atomic mass is 35.5. The van der Waals surface area contributed by atoms with Gasteiger partial charge in [0.15, 0.2) is 17.3 Å². The van der Waals surface area contributed by atoms with Gasteiger partial charge in [0, 0.05) is 35.4 Å². The summed E-state index contributed by atoms with van der Waals surface area (Å²) in [7, 11) is 3.12. The van der Waals surface area contributed by atoms with Gasteiger partial charge in [-0.3, -0.25) is 14.9 Å². The van der Waals surface area contributed by atoms with Crippen LogP contribution in [-0.2, 0) is 14.3 Å². The summed E-state index contributed by atoms with van der Waals surface area (Å²) < 4.78 is 16.3. The largest absolute Gasteiger partial charge is 0.493 e. The molecule has 0 aromatic heterocycles. The number of nitro benzene ring substituents is 1. The van der Waals surface area contributed by atoms with E-state index < -0.39 is 16.8 Å². The second-order valence-electron chi connectivity index (χ2n) is 9.59. The summed E-state index contributed by atoms with van der Waals surface area (Å²) in [5.74, 6) is -0.526. The zero-order chi connectivity index (χ0) is 28.3. The predicted molar refractivity (Wildman–Crippen MR) is 146 cm³/mol. The van der Waals surface area contributed by atoms with E-state index in [1.165, 1.54) is 12.1 Å². The molecule has 0 saturated carbocycles. The summed E-state index contributed by atoms with van der Waals surface area (Å²) in [6.07, 6.45) is 2.24. The highest BCUT2D eigenvalue weighted by molar-refractivity contribution is 6.32. The number of methoxy groups -OCH3 is 2. The zero-order valence-corrected chi connectivity index (χ0v) is 23.1. The lowest BCUT2D eigenvalue weighted by atomic mass is 9.71. The van der Waals surface area contributed by atoms with Gasteiger partial charge in [0.25, 0.3) is 5.69 Å². The molecular weight excluding hydrogens is 524 g/mol. The molecule has 9 nitrogen and oxygen atoms in total. The first-order chi connectivity index (χ1) is 18.7. The molecule has 0 saturated heterocycles. The number of esters is 1. The van der Waals surface area contributed by atoms with Gasteiger partial charge >= 0.3 is 5.97 Å². The molecule has 1 N–H and O–H groups in total. The van der Waals surface area contributed by atoms with Crippen LogP contribution in [0.2, 0.25) is 5.02 Å². The van der Waals surface area contributed by atoms with Crippen molar-refractivity contribution in [3.63, 3.8) is 0 Å². The van der Waals surface area contributed by atoms with Crippen LogP contribution in [0.3, 0.4) is 0 Å². The number of nitrogens with one attached hydrogen (secondary N) is 1. The van der Waals surface area contributed by atoms with Gasteiger partial charge in [0.05, 0.1) is 31.3 Å². The van der Waals surface area contributed by atoms with E-state index in [4.69, 9.17) is 25.8 Å². The lowest BCUT2D eigenvalue weighted by Gasteiger charge is -2.36. The normalized spacial score (nSPS) is 18.8. The Balaban J connectivity index is 1.79. The monoisotopic (exact) mass is 554 g/mol. The number of unbranched alkanes of at least 4 members (excludes halogenated alkanes) is 1. The van der Waals surface area contributed by atoms with Crippen molar-refractivity contribution < 1.29 is 28.7 Å². The highest BCUT2D eigenvalue weighted by Gasteiger charge is 2.42. The van der Waals surface area contributed by atoms with Crippen molar-refractivity contribution in [2.24, 2.45) is 0 Å². The summed E-state index contributed by atoms with van der Waals surface area (Å²) in [5.41, 5.74) is 2.95. The van der Waals surface area contributed by atoms with Crippen molar-refractivity contribution in [2.75, 3.05) is 20.8 Å². The predicted octanol–water partition coefficient (Wildman–Crippen LogP) is 5.97. The molecule has 4 rings (SSSR count). The van der Waals surface area contributed by atoms with E-state index in [0.717, 1.165) is 12.0 Å². The molecule has 0 fully saturated rings. The minimum atomic E-state index is -0.829. The molecule has 0 radical (unpaired) electrons. The smallest absolute Gasteiger partial charge is 0.336 e. The van der Waals surface area contributed by atoms with E-state index in [1.54, 1.807) is 27.2 Å². The number of nitrogens with zero attached hydrogens (tertiary/aromatic N) is 1. The van der Waals surface area contributed by atoms with Crippen molar-refractivity contribution in [3.05, 3.63) is 85.2 Å². The first kappa shape index (κ1) is 28.2. The first-order valence-corrected chi connectivity index (χ1v) is 13.1. The van der Waals surface area contributed by atoms with Gasteiger partial charge in [-0.15, -0.1) is 0 Å². The quantitative estimate of drug-likeness (QED) is 0.174. The molecule has 2 aliphatic rings. The van der Waals surface area contributed by atoms with Crippen molar-refractivity contribution in [1.29, 1.82) is 0 Å². The third-order valence-corrected chi connectivity index (χ3v) is 7.48. The molecule has 0 bridgehead atoms. The topological polar surface area (TPSA) is 117 Å². The van der Waals surface area contributed by atoms with Gasteiger partial charge in [0.1, 0.15) is 5.02 Å². The molecule has 2 atom stereocenters. The summed E-state index contributed by atoms with van der Waals surface area (Å²) in [5, 5.41) is 14.9. The van der Waals surface area contributed by atoms with Crippen LogP contribution in [0.5, 0.6) is 11.5 Å². The summed E-state index contributed by atoms with van der Waals surface area (Å²) >= 11 is 6.09. The third kappa shape index (κ3) is 5.63. The van der Waals surface area contributed by atoms with Crippen molar-refractivity contribution in [2.45, 2.75) is 51.4 Å². The van der Waals surface area contributed by atoms with Crippen LogP contribution in [0.25, 0.3) is 0 Å². The van der Waals surface area contributed by atoms with E-state index in [-0.39, 0.29) is 41.0 Å². The fourth-order valence-electron chi connectivity index (χ4n) is 5.22. The van der Waals surface area contributed by atoms with E-state index in [2.05, 4.69) is 5.32 Å². The number of nitro groups is 1. The van der Waals surface area contributed by atoms with Crippen LogP contribution in [0.4, 0.5) is 5.69 Å². The number of hydrogen-bond donors (Lipinski definition) is 1. The van der Waals surface area contributed by atoms with Gasteiger partial charge in [-0.25, -0.2) is 4.79 Å². The highest BCUT2D eigenvalue weighted by Crippen LogP contribution is 2.47. The zero-order valence-electron chi connectivity index (χ0n) is 22.3. The SMILES string of the molecule is CCCCOC(=O)C1=C(C)NC2=C(C(=O)C[C@H](c3ccc(OC)c(OC)c3)C2)[C@@H]1c1ccc(Cl)c([N+](=O)[O-])c1. The van der Waals surface area contributed by atoms with E-state index in [1.807, 2.05) is 25.1 Å². The van der Waals surface area contributed by atoms with Crippen molar-refractivity contribution in [3.8, 4) is 11.5 Å². The molecule has 10 heteroatoms. The molecule has 1 aliphatic heterocycles. The molecular formula is C29H31ClN2O7. The molecule has 39 heavy (non-hydrogen) atoms. The van der Waals surface area contributed by atoms with Crippen LogP contribution >= 0.6 is 11.6 Å². The minimum absolute atomic E-state index is 0.0249. The fourth-order valence-corrected chi connectivity index (χ4v) is 5.41. The number of ketones is 1. The Morgan fingerprint density at radius 2 is 1.82 bits per heavy atom. The lowest BCUT2D eigenvalue weighted by Crippen LogP contribution is -2.36. The van der Waals surface area contributed by atoms with Crippen molar-refractivity contribution >= 4 is 29.0 Å². The fraction of sp³-hybridized carbons (Fsp3) is 0.379.